The second-order valence-electron chi connectivity index (χ2n) is 5.74. The molecule has 0 radical (unpaired) electrons. The molecule has 0 aliphatic heterocycles. The number of rotatable bonds is 6. The number of unbranched alkanes of at least 4 members (excludes halogenated alkanes) is 1. The highest BCUT2D eigenvalue weighted by atomic mass is 15.2. The smallest absolute Gasteiger partial charge is 0.234 e. The fourth-order valence-electron chi connectivity index (χ4n) is 2.94. The van der Waals surface area contributed by atoms with Gasteiger partial charge in [0.2, 0.25) is 5.95 Å². The van der Waals surface area contributed by atoms with Crippen LogP contribution in [0, 0.1) is 0 Å². The Morgan fingerprint density at radius 1 is 1.04 bits per heavy atom. The number of para-hydroxylation sites is 1. The van der Waals surface area contributed by atoms with Crippen molar-refractivity contribution in [3.05, 3.63) is 60.6 Å². The van der Waals surface area contributed by atoms with Gasteiger partial charge in [0.15, 0.2) is 0 Å². The van der Waals surface area contributed by atoms with Gasteiger partial charge in [0, 0.05) is 17.8 Å². The molecule has 3 nitrogen and oxygen atoms in total. The molecule has 3 rings (SSSR count). The average Bonchev–Trinajstić information content (AvgIpc) is 2.98. The summed E-state index contributed by atoms with van der Waals surface area (Å²) in [6.07, 6.45) is 10.4. The zero-order valence-corrected chi connectivity index (χ0v) is 13.9. The maximum absolute atomic E-state index is 4.48. The molecule has 0 aliphatic carbocycles. The van der Waals surface area contributed by atoms with E-state index in [1.807, 2.05) is 6.07 Å². The predicted octanol–water partition coefficient (Wildman–Crippen LogP) is 5.40. The topological polar surface area (TPSA) is 30.7 Å². The number of benzene rings is 1. The van der Waals surface area contributed by atoms with Gasteiger partial charge in [-0.05, 0) is 36.6 Å². The van der Waals surface area contributed by atoms with Crippen molar-refractivity contribution in [2.45, 2.75) is 39.5 Å². The van der Waals surface area contributed by atoms with Crippen LogP contribution in [0.4, 0.5) is 0 Å². The van der Waals surface area contributed by atoms with Gasteiger partial charge in [0.1, 0.15) is 0 Å². The van der Waals surface area contributed by atoms with Crippen LogP contribution in [0.1, 0.15) is 45.2 Å². The van der Waals surface area contributed by atoms with Crippen molar-refractivity contribution in [3.8, 4) is 5.95 Å². The number of hydrogen-bond acceptors (Lipinski definition) is 2. The molecule has 0 saturated carbocycles. The summed E-state index contributed by atoms with van der Waals surface area (Å²) in [6.45, 7) is 4.45. The predicted molar refractivity (Wildman–Crippen MR) is 96.7 cm³/mol. The van der Waals surface area contributed by atoms with Crippen molar-refractivity contribution < 1.29 is 0 Å². The maximum atomic E-state index is 4.48. The van der Waals surface area contributed by atoms with E-state index < -0.39 is 0 Å². The van der Waals surface area contributed by atoms with Gasteiger partial charge in [-0.15, -0.1) is 0 Å². The minimum atomic E-state index is 0.738. The van der Waals surface area contributed by atoms with Crippen LogP contribution in [0.3, 0.4) is 0 Å². The van der Waals surface area contributed by atoms with Gasteiger partial charge in [-0.2, -0.15) is 0 Å². The zero-order chi connectivity index (χ0) is 16.1. The van der Waals surface area contributed by atoms with Crippen molar-refractivity contribution in [1.82, 2.24) is 14.5 Å². The van der Waals surface area contributed by atoms with Gasteiger partial charge in [-0.3, -0.25) is 4.57 Å². The highest BCUT2D eigenvalue weighted by Crippen LogP contribution is 2.30. The largest absolute Gasteiger partial charge is 0.278 e. The molecule has 0 saturated heterocycles. The first-order valence-corrected chi connectivity index (χ1v) is 8.42. The molecular weight excluding hydrogens is 282 g/mol. The minimum Gasteiger partial charge on any atom is -0.278 e. The Morgan fingerprint density at radius 3 is 2.57 bits per heavy atom. The number of allylic oxidation sites excluding steroid dienone is 2. The monoisotopic (exact) mass is 305 g/mol. The van der Waals surface area contributed by atoms with E-state index in [0.29, 0.717) is 0 Å². The van der Waals surface area contributed by atoms with Crippen LogP contribution >= 0.6 is 0 Å². The Kier molecular flexibility index (Phi) is 4.86. The van der Waals surface area contributed by atoms with Crippen molar-refractivity contribution >= 4 is 16.5 Å². The summed E-state index contributed by atoms with van der Waals surface area (Å²) in [5.74, 6) is 0.738. The summed E-state index contributed by atoms with van der Waals surface area (Å²) in [5.41, 5.74) is 3.76. The number of hydrogen-bond donors (Lipinski definition) is 0. The molecule has 2 aromatic heterocycles. The van der Waals surface area contributed by atoms with Crippen LogP contribution in [0.5, 0.6) is 0 Å². The minimum absolute atomic E-state index is 0.738. The van der Waals surface area contributed by atoms with Crippen LogP contribution in [-0.2, 0) is 0 Å². The summed E-state index contributed by atoms with van der Waals surface area (Å²) in [4.78, 5) is 8.96. The Labute approximate surface area is 137 Å². The van der Waals surface area contributed by atoms with Crippen LogP contribution in [0.2, 0.25) is 0 Å². The van der Waals surface area contributed by atoms with E-state index in [0.717, 1.165) is 37.1 Å². The lowest BCUT2D eigenvalue weighted by atomic mass is 10.0. The van der Waals surface area contributed by atoms with E-state index in [4.69, 9.17) is 0 Å². The Morgan fingerprint density at radius 2 is 1.83 bits per heavy atom. The summed E-state index contributed by atoms with van der Waals surface area (Å²) in [5, 5.41) is 1.23. The fourth-order valence-corrected chi connectivity index (χ4v) is 2.94. The van der Waals surface area contributed by atoms with Gasteiger partial charge >= 0.3 is 0 Å². The number of aromatic nitrogens is 3. The molecule has 0 atom stereocenters. The van der Waals surface area contributed by atoms with Crippen LogP contribution in [0.15, 0.2) is 54.9 Å². The van der Waals surface area contributed by atoms with E-state index in [1.165, 1.54) is 16.7 Å². The molecule has 0 bridgehead atoms. The van der Waals surface area contributed by atoms with E-state index >= 15 is 0 Å². The number of nitrogens with zero attached hydrogens (tertiary/aromatic N) is 3. The lowest BCUT2D eigenvalue weighted by Crippen LogP contribution is -2.04. The fraction of sp³-hybridized carbons (Fsp3) is 0.300. The van der Waals surface area contributed by atoms with Gasteiger partial charge in [0.25, 0.3) is 0 Å². The van der Waals surface area contributed by atoms with Crippen molar-refractivity contribution in [2.24, 2.45) is 0 Å². The first-order valence-electron chi connectivity index (χ1n) is 8.42. The molecular formula is C20H23N3. The lowest BCUT2D eigenvalue weighted by Gasteiger charge is -2.12. The molecule has 0 N–H and O–H groups in total. The summed E-state index contributed by atoms with van der Waals surface area (Å²) >= 11 is 0. The summed E-state index contributed by atoms with van der Waals surface area (Å²) < 4.78 is 2.19. The van der Waals surface area contributed by atoms with Crippen molar-refractivity contribution in [1.29, 1.82) is 0 Å². The SMILES string of the molecule is CCC/C=C(\CCC)c1cc2ccccc2n1-c1ncccn1. The Hall–Kier alpha value is -2.42. The van der Waals surface area contributed by atoms with Crippen molar-refractivity contribution in [3.63, 3.8) is 0 Å². The van der Waals surface area contributed by atoms with Crippen LogP contribution in [-0.4, -0.2) is 14.5 Å². The third kappa shape index (κ3) is 3.19. The van der Waals surface area contributed by atoms with Crippen LogP contribution < -0.4 is 0 Å². The van der Waals surface area contributed by atoms with Gasteiger partial charge < -0.3 is 0 Å². The van der Waals surface area contributed by atoms with Gasteiger partial charge in [-0.1, -0.05) is 51.0 Å². The Bertz CT molecular complexity index is 800. The van der Waals surface area contributed by atoms with E-state index in [1.54, 1.807) is 12.4 Å². The van der Waals surface area contributed by atoms with E-state index in [9.17, 15) is 0 Å². The molecule has 23 heavy (non-hydrogen) atoms. The first kappa shape index (κ1) is 15.5. The highest BCUT2D eigenvalue weighted by Gasteiger charge is 2.14. The van der Waals surface area contributed by atoms with Crippen LogP contribution in [0.25, 0.3) is 22.4 Å². The third-order valence-electron chi connectivity index (χ3n) is 3.99. The molecule has 0 aliphatic rings. The molecule has 0 amide bonds. The molecule has 1 aromatic carbocycles. The third-order valence-corrected chi connectivity index (χ3v) is 3.99. The standard InChI is InChI=1S/C20H23N3/c1-3-5-10-16(9-4-2)19-15-17-11-6-7-12-18(17)23(19)20-21-13-8-14-22-20/h6-8,10-15H,3-5,9H2,1-2H3/b16-10+. The molecule has 2 heterocycles. The molecule has 0 unspecified atom stereocenters. The average molecular weight is 305 g/mol. The summed E-state index contributed by atoms with van der Waals surface area (Å²) in [7, 11) is 0. The van der Waals surface area contributed by atoms with Crippen molar-refractivity contribution in [2.75, 3.05) is 0 Å². The molecule has 118 valence electrons. The molecule has 3 aromatic rings. The summed E-state index contributed by atoms with van der Waals surface area (Å²) in [6, 6.07) is 12.6. The van der Waals surface area contributed by atoms with E-state index in [2.05, 4.69) is 64.8 Å². The number of fused-ring (bicyclic) bond motifs is 1. The normalized spacial score (nSPS) is 12.0. The highest BCUT2D eigenvalue weighted by molar-refractivity contribution is 5.87. The quantitative estimate of drug-likeness (QED) is 0.610. The van der Waals surface area contributed by atoms with Gasteiger partial charge in [-0.25, -0.2) is 9.97 Å². The first-order chi connectivity index (χ1) is 11.3. The molecule has 3 heteroatoms. The molecule has 0 fully saturated rings. The zero-order valence-electron chi connectivity index (χ0n) is 13.9. The van der Waals surface area contributed by atoms with Gasteiger partial charge in [0.05, 0.1) is 11.2 Å². The Balaban J connectivity index is 2.23. The second kappa shape index (κ2) is 7.23. The second-order valence-corrected chi connectivity index (χ2v) is 5.74. The van der Waals surface area contributed by atoms with E-state index in [-0.39, 0.29) is 0 Å². The molecule has 0 spiro atoms. The lowest BCUT2D eigenvalue weighted by molar-refractivity contribution is 0.902. The maximum Gasteiger partial charge on any atom is 0.234 e.